The Morgan fingerprint density at radius 2 is 2.06 bits per heavy atom. The number of rotatable bonds is 8. The predicted molar refractivity (Wildman–Crippen MR) is 71.8 cm³/mol. The summed E-state index contributed by atoms with van der Waals surface area (Å²) in [5.41, 5.74) is 0. The average molecular weight is 274 g/mol. The molecule has 0 radical (unpaired) electrons. The summed E-state index contributed by atoms with van der Waals surface area (Å²) in [4.78, 5) is 0. The van der Waals surface area contributed by atoms with Crippen molar-refractivity contribution in [2.75, 3.05) is 12.3 Å². The van der Waals surface area contributed by atoms with Crippen molar-refractivity contribution in [3.8, 4) is 0 Å². The molecule has 18 heavy (non-hydrogen) atoms. The monoisotopic (exact) mass is 274 g/mol. The number of sulfonamides is 1. The maximum atomic E-state index is 11.8. The Kier molecular flexibility index (Phi) is 5.84. The van der Waals surface area contributed by atoms with Crippen molar-refractivity contribution < 1.29 is 12.8 Å². The van der Waals surface area contributed by atoms with E-state index in [-0.39, 0.29) is 11.8 Å². The topological polar surface area (TPSA) is 71.3 Å². The van der Waals surface area contributed by atoms with Gasteiger partial charge in [0.05, 0.1) is 18.1 Å². The van der Waals surface area contributed by atoms with Crippen LogP contribution in [-0.2, 0) is 10.0 Å². The summed E-state index contributed by atoms with van der Waals surface area (Å²) in [6.07, 6.45) is 2.13. The summed E-state index contributed by atoms with van der Waals surface area (Å²) in [7, 11) is -3.25. The molecule has 1 aromatic rings. The second-order valence-corrected chi connectivity index (χ2v) is 6.51. The molecular formula is C12H22N2O3S. The zero-order valence-corrected chi connectivity index (χ0v) is 12.0. The zero-order chi connectivity index (χ0) is 13.6. The van der Waals surface area contributed by atoms with Crippen LogP contribution < -0.4 is 10.0 Å². The maximum absolute atomic E-state index is 11.8. The Morgan fingerprint density at radius 1 is 1.33 bits per heavy atom. The van der Waals surface area contributed by atoms with Gasteiger partial charge in [-0.15, -0.1) is 0 Å². The molecule has 0 aliphatic heterocycles. The molecule has 1 atom stereocenters. The highest BCUT2D eigenvalue weighted by Gasteiger charge is 2.16. The van der Waals surface area contributed by atoms with Gasteiger partial charge in [-0.1, -0.05) is 13.8 Å². The second-order valence-electron chi connectivity index (χ2n) is 4.64. The highest BCUT2D eigenvalue weighted by atomic mass is 32.2. The molecule has 6 heteroatoms. The van der Waals surface area contributed by atoms with Crippen LogP contribution in [0.2, 0.25) is 0 Å². The van der Waals surface area contributed by atoms with Crippen molar-refractivity contribution in [2.45, 2.75) is 39.3 Å². The van der Waals surface area contributed by atoms with Crippen molar-refractivity contribution in [1.82, 2.24) is 10.0 Å². The van der Waals surface area contributed by atoms with Gasteiger partial charge in [0.15, 0.2) is 0 Å². The van der Waals surface area contributed by atoms with Crippen LogP contribution in [0.3, 0.4) is 0 Å². The summed E-state index contributed by atoms with van der Waals surface area (Å²) in [5, 5.41) is 3.19. The Bertz CT molecular complexity index is 426. The summed E-state index contributed by atoms with van der Waals surface area (Å²) in [6.45, 7) is 6.54. The zero-order valence-electron chi connectivity index (χ0n) is 11.1. The van der Waals surface area contributed by atoms with Crippen LogP contribution >= 0.6 is 0 Å². The number of hydrogen-bond acceptors (Lipinski definition) is 4. The van der Waals surface area contributed by atoms with Gasteiger partial charge >= 0.3 is 0 Å². The molecule has 5 nitrogen and oxygen atoms in total. The minimum absolute atomic E-state index is 0.123. The molecule has 0 aromatic carbocycles. The van der Waals surface area contributed by atoms with Gasteiger partial charge in [-0.2, -0.15) is 0 Å². The van der Waals surface area contributed by atoms with Crippen molar-refractivity contribution in [3.05, 3.63) is 24.2 Å². The van der Waals surface area contributed by atoms with E-state index in [9.17, 15) is 8.42 Å². The molecule has 0 saturated carbocycles. The van der Waals surface area contributed by atoms with Gasteiger partial charge in [0.25, 0.3) is 0 Å². The van der Waals surface area contributed by atoms with Crippen LogP contribution in [0, 0.1) is 0 Å². The number of furan rings is 1. The van der Waals surface area contributed by atoms with E-state index in [2.05, 4.69) is 10.0 Å². The molecule has 0 spiro atoms. The third-order valence-corrected chi connectivity index (χ3v) is 4.01. The quantitative estimate of drug-likeness (QED) is 0.707. The molecule has 1 unspecified atom stereocenters. The van der Waals surface area contributed by atoms with Crippen molar-refractivity contribution in [3.63, 3.8) is 0 Å². The van der Waals surface area contributed by atoms with E-state index in [1.165, 1.54) is 6.26 Å². The first kappa shape index (κ1) is 15.2. The highest BCUT2D eigenvalue weighted by Crippen LogP contribution is 2.13. The van der Waals surface area contributed by atoms with Gasteiger partial charge < -0.3 is 9.73 Å². The molecule has 0 saturated heterocycles. The van der Waals surface area contributed by atoms with Crippen LogP contribution in [0.5, 0.6) is 0 Å². The minimum atomic E-state index is -3.25. The Labute approximate surface area is 109 Å². The average Bonchev–Trinajstić information content (AvgIpc) is 2.77. The number of hydrogen-bond donors (Lipinski definition) is 2. The SMILES string of the molecule is CC(C)NCCCS(=O)(=O)NC(C)c1ccco1. The summed E-state index contributed by atoms with van der Waals surface area (Å²) >= 11 is 0. The molecule has 0 aliphatic rings. The fourth-order valence-electron chi connectivity index (χ4n) is 1.58. The van der Waals surface area contributed by atoms with E-state index < -0.39 is 10.0 Å². The predicted octanol–water partition coefficient (Wildman–Crippen LogP) is 1.65. The van der Waals surface area contributed by atoms with Crippen LogP contribution in [0.1, 0.15) is 39.0 Å². The Hall–Kier alpha value is -0.850. The summed E-state index contributed by atoms with van der Waals surface area (Å²) < 4.78 is 31.4. The van der Waals surface area contributed by atoms with E-state index in [1.54, 1.807) is 19.1 Å². The van der Waals surface area contributed by atoms with Crippen molar-refractivity contribution >= 4 is 10.0 Å². The Balaban J connectivity index is 2.35. The normalized spacial score (nSPS) is 14.0. The first-order chi connectivity index (χ1) is 8.41. The lowest BCUT2D eigenvalue weighted by Crippen LogP contribution is -2.31. The lowest BCUT2D eigenvalue weighted by Gasteiger charge is -2.12. The van der Waals surface area contributed by atoms with Crippen molar-refractivity contribution in [2.24, 2.45) is 0 Å². The van der Waals surface area contributed by atoms with E-state index in [1.807, 2.05) is 13.8 Å². The van der Waals surface area contributed by atoms with E-state index >= 15 is 0 Å². The van der Waals surface area contributed by atoms with Gasteiger partial charge in [0.1, 0.15) is 5.76 Å². The molecule has 0 amide bonds. The van der Waals surface area contributed by atoms with E-state index in [0.29, 0.717) is 24.8 Å². The molecule has 0 bridgehead atoms. The van der Waals surface area contributed by atoms with E-state index in [4.69, 9.17) is 4.42 Å². The lowest BCUT2D eigenvalue weighted by molar-refractivity contribution is 0.459. The molecule has 1 rings (SSSR count). The van der Waals surface area contributed by atoms with Crippen LogP contribution in [0.4, 0.5) is 0 Å². The molecule has 104 valence electrons. The molecular weight excluding hydrogens is 252 g/mol. The Morgan fingerprint density at radius 3 is 2.61 bits per heavy atom. The van der Waals surface area contributed by atoms with Crippen LogP contribution in [0.25, 0.3) is 0 Å². The molecule has 0 aliphatic carbocycles. The third kappa shape index (κ3) is 5.66. The van der Waals surface area contributed by atoms with Crippen LogP contribution in [-0.4, -0.2) is 26.8 Å². The van der Waals surface area contributed by atoms with Crippen LogP contribution in [0.15, 0.2) is 22.8 Å². The largest absolute Gasteiger partial charge is 0.468 e. The first-order valence-corrected chi connectivity index (χ1v) is 7.83. The lowest BCUT2D eigenvalue weighted by atomic mass is 10.3. The highest BCUT2D eigenvalue weighted by molar-refractivity contribution is 7.89. The van der Waals surface area contributed by atoms with Gasteiger partial charge in [0, 0.05) is 6.04 Å². The summed E-state index contributed by atoms with van der Waals surface area (Å²) in [5.74, 6) is 0.747. The summed E-state index contributed by atoms with van der Waals surface area (Å²) in [6, 6.07) is 3.55. The van der Waals surface area contributed by atoms with Gasteiger partial charge in [-0.05, 0) is 32.0 Å². The van der Waals surface area contributed by atoms with Gasteiger partial charge in [-0.3, -0.25) is 0 Å². The van der Waals surface area contributed by atoms with Gasteiger partial charge in [-0.25, -0.2) is 13.1 Å². The molecule has 1 heterocycles. The molecule has 1 aromatic heterocycles. The standard InChI is InChI=1S/C12H22N2O3S/c1-10(2)13-7-5-9-18(15,16)14-11(3)12-6-4-8-17-12/h4,6,8,10-11,13-14H,5,7,9H2,1-3H3. The fourth-order valence-corrected chi connectivity index (χ4v) is 2.87. The fraction of sp³-hybridized carbons (Fsp3) is 0.667. The van der Waals surface area contributed by atoms with Gasteiger partial charge in [0.2, 0.25) is 10.0 Å². The van der Waals surface area contributed by atoms with E-state index in [0.717, 1.165) is 0 Å². The minimum Gasteiger partial charge on any atom is -0.468 e. The van der Waals surface area contributed by atoms with Crippen molar-refractivity contribution in [1.29, 1.82) is 0 Å². The smallest absolute Gasteiger partial charge is 0.212 e. The first-order valence-electron chi connectivity index (χ1n) is 6.17. The second kappa shape index (κ2) is 6.92. The maximum Gasteiger partial charge on any atom is 0.212 e. The third-order valence-electron chi connectivity index (χ3n) is 2.47. The molecule has 2 N–H and O–H groups in total. The number of nitrogens with one attached hydrogen (secondary N) is 2. The molecule has 0 fully saturated rings.